The van der Waals surface area contributed by atoms with Crippen molar-refractivity contribution in [1.82, 2.24) is 0 Å². The number of cyclic esters (lactones) is 2. The lowest BCUT2D eigenvalue weighted by Crippen LogP contribution is -2.66. The Kier molecular flexibility index (Phi) is 3.92. The minimum Gasteiger partial charge on any atom is -0.469 e. The van der Waals surface area contributed by atoms with Gasteiger partial charge in [-0.1, -0.05) is 12.2 Å². The van der Waals surface area contributed by atoms with Crippen LogP contribution in [-0.2, 0) is 33.4 Å². The van der Waals surface area contributed by atoms with E-state index in [4.69, 9.17) is 14.2 Å². The number of hydrogen-bond donors (Lipinski definition) is 0. The molecule has 7 heteroatoms. The molecule has 30 heavy (non-hydrogen) atoms. The SMILES string of the molecule is C=C1C[C@]23C[C@H]1CCC2[C@@]12CC[C@H](OC(C)=O)[C@](C)(C(=O)OC1=O)C2C3C(=O)OC. The summed E-state index contributed by atoms with van der Waals surface area (Å²) in [5.74, 6) is -3.08. The Labute approximate surface area is 175 Å². The van der Waals surface area contributed by atoms with Crippen molar-refractivity contribution >= 4 is 23.9 Å². The molecule has 5 rings (SSSR count). The van der Waals surface area contributed by atoms with Gasteiger partial charge in [0.15, 0.2) is 0 Å². The predicted octanol–water partition coefficient (Wildman–Crippen LogP) is 2.57. The molecule has 8 atom stereocenters. The molecule has 4 saturated carbocycles. The van der Waals surface area contributed by atoms with Crippen molar-refractivity contribution in [1.29, 1.82) is 0 Å². The van der Waals surface area contributed by atoms with Gasteiger partial charge in [-0.05, 0) is 62.7 Å². The Morgan fingerprint density at radius 1 is 1.17 bits per heavy atom. The fourth-order valence-electron chi connectivity index (χ4n) is 8.42. The third-order valence-corrected chi connectivity index (χ3v) is 9.29. The first-order valence-electron chi connectivity index (χ1n) is 10.8. The van der Waals surface area contributed by atoms with Crippen LogP contribution in [0.5, 0.6) is 0 Å². The van der Waals surface area contributed by atoms with E-state index in [1.54, 1.807) is 6.92 Å². The summed E-state index contributed by atoms with van der Waals surface area (Å²) in [5, 5.41) is 0. The second-order valence-electron chi connectivity index (χ2n) is 10.2. The van der Waals surface area contributed by atoms with Gasteiger partial charge in [-0.25, -0.2) is 0 Å². The summed E-state index contributed by atoms with van der Waals surface area (Å²) in [7, 11) is 1.35. The number of carbonyl (C=O) groups excluding carboxylic acids is 4. The molecule has 0 aromatic carbocycles. The van der Waals surface area contributed by atoms with Gasteiger partial charge in [-0.2, -0.15) is 0 Å². The van der Waals surface area contributed by atoms with Crippen molar-refractivity contribution in [3.8, 4) is 0 Å². The highest BCUT2D eigenvalue weighted by atomic mass is 16.6. The second-order valence-corrected chi connectivity index (χ2v) is 10.2. The van der Waals surface area contributed by atoms with Gasteiger partial charge >= 0.3 is 23.9 Å². The van der Waals surface area contributed by atoms with Crippen LogP contribution in [-0.4, -0.2) is 37.1 Å². The number of methoxy groups -OCH3 is 1. The van der Waals surface area contributed by atoms with Gasteiger partial charge in [0.05, 0.1) is 18.4 Å². The molecular weight excluding hydrogens is 388 g/mol. The van der Waals surface area contributed by atoms with Gasteiger partial charge in [0, 0.05) is 12.8 Å². The number of rotatable bonds is 2. The Hall–Kier alpha value is -2.18. The van der Waals surface area contributed by atoms with Crippen LogP contribution < -0.4 is 0 Å². The molecule has 5 fully saturated rings. The average molecular weight is 416 g/mol. The van der Waals surface area contributed by atoms with Gasteiger partial charge in [0.25, 0.3) is 0 Å². The van der Waals surface area contributed by atoms with Gasteiger partial charge in [0.2, 0.25) is 0 Å². The Morgan fingerprint density at radius 3 is 2.57 bits per heavy atom. The van der Waals surface area contributed by atoms with E-state index in [0.717, 1.165) is 24.8 Å². The lowest BCUT2D eigenvalue weighted by molar-refractivity contribution is -0.224. The molecular formula is C23H28O7. The second kappa shape index (κ2) is 5.95. The van der Waals surface area contributed by atoms with E-state index in [-0.39, 0.29) is 11.9 Å². The smallest absolute Gasteiger partial charge is 0.323 e. The van der Waals surface area contributed by atoms with Gasteiger partial charge in [-0.3, -0.25) is 19.2 Å². The molecule has 162 valence electrons. The molecule has 0 amide bonds. The van der Waals surface area contributed by atoms with E-state index in [2.05, 4.69) is 6.58 Å². The topological polar surface area (TPSA) is 96.0 Å². The minimum absolute atomic E-state index is 0.0761. The lowest BCUT2D eigenvalue weighted by Gasteiger charge is -2.56. The van der Waals surface area contributed by atoms with Crippen LogP contribution in [0.1, 0.15) is 52.4 Å². The molecule has 7 nitrogen and oxygen atoms in total. The van der Waals surface area contributed by atoms with E-state index in [1.165, 1.54) is 14.0 Å². The van der Waals surface area contributed by atoms with E-state index in [9.17, 15) is 19.2 Å². The van der Waals surface area contributed by atoms with Crippen molar-refractivity contribution in [2.24, 2.45) is 39.9 Å². The van der Waals surface area contributed by atoms with Crippen LogP contribution in [0.25, 0.3) is 0 Å². The number of allylic oxidation sites excluding steroid dienone is 1. The quantitative estimate of drug-likeness (QED) is 0.295. The van der Waals surface area contributed by atoms with Crippen LogP contribution in [0.15, 0.2) is 12.2 Å². The third-order valence-electron chi connectivity index (χ3n) is 9.29. The largest absolute Gasteiger partial charge is 0.469 e. The molecule has 3 unspecified atom stereocenters. The molecule has 1 heterocycles. The zero-order chi connectivity index (χ0) is 21.6. The number of hydrogen-bond acceptors (Lipinski definition) is 7. The summed E-state index contributed by atoms with van der Waals surface area (Å²) in [6, 6.07) is 0. The maximum absolute atomic E-state index is 13.4. The van der Waals surface area contributed by atoms with E-state index < -0.39 is 52.1 Å². The van der Waals surface area contributed by atoms with Crippen LogP contribution in [0.3, 0.4) is 0 Å². The summed E-state index contributed by atoms with van der Waals surface area (Å²) >= 11 is 0. The van der Waals surface area contributed by atoms with Crippen LogP contribution in [0.2, 0.25) is 0 Å². The van der Waals surface area contributed by atoms with Gasteiger partial charge in [0.1, 0.15) is 11.5 Å². The fourth-order valence-corrected chi connectivity index (χ4v) is 8.42. The normalized spacial score (nSPS) is 48.5. The predicted molar refractivity (Wildman–Crippen MR) is 102 cm³/mol. The number of carbonyl (C=O) groups is 4. The highest BCUT2D eigenvalue weighted by Gasteiger charge is 2.83. The zero-order valence-electron chi connectivity index (χ0n) is 17.7. The number of esters is 4. The molecule has 0 N–H and O–H groups in total. The molecule has 1 spiro atoms. The number of ether oxygens (including phenoxy) is 3. The standard InChI is InChI=1S/C23H28O7/c1-11-9-22-10-13(11)5-6-14(22)23-8-7-15(29-12(2)24)21(3,19(26)30-20(23)27)17(23)16(22)18(25)28-4/h13-17H,1,5-10H2,2-4H3/t13-,14?,15+,16?,17?,21+,22+,23-/m1/s1. The van der Waals surface area contributed by atoms with Crippen molar-refractivity contribution in [2.45, 2.75) is 58.5 Å². The molecule has 0 aromatic rings. The molecule has 4 aliphatic carbocycles. The minimum atomic E-state index is -1.28. The van der Waals surface area contributed by atoms with Crippen molar-refractivity contribution in [3.63, 3.8) is 0 Å². The monoisotopic (exact) mass is 416 g/mol. The molecule has 0 aromatic heterocycles. The van der Waals surface area contributed by atoms with E-state index >= 15 is 0 Å². The summed E-state index contributed by atoms with van der Waals surface area (Å²) in [5.41, 5.74) is -1.55. The van der Waals surface area contributed by atoms with Crippen LogP contribution >= 0.6 is 0 Å². The van der Waals surface area contributed by atoms with Gasteiger partial charge < -0.3 is 14.2 Å². The summed E-state index contributed by atoms with van der Waals surface area (Å²) in [4.78, 5) is 51.7. The maximum Gasteiger partial charge on any atom is 0.323 e. The lowest BCUT2D eigenvalue weighted by atomic mass is 9.50. The Balaban J connectivity index is 1.76. The first kappa shape index (κ1) is 19.8. The zero-order valence-corrected chi connectivity index (χ0v) is 17.7. The molecule has 1 saturated heterocycles. The molecule has 5 aliphatic rings. The highest BCUT2D eigenvalue weighted by Crippen LogP contribution is 2.79. The summed E-state index contributed by atoms with van der Waals surface area (Å²) in [6.07, 6.45) is 3.27. The van der Waals surface area contributed by atoms with E-state index in [0.29, 0.717) is 25.2 Å². The van der Waals surface area contributed by atoms with Crippen LogP contribution in [0.4, 0.5) is 0 Å². The van der Waals surface area contributed by atoms with Crippen LogP contribution in [0, 0.1) is 39.9 Å². The van der Waals surface area contributed by atoms with Crippen molar-refractivity contribution in [2.75, 3.05) is 7.11 Å². The van der Waals surface area contributed by atoms with Gasteiger partial charge in [-0.15, -0.1) is 0 Å². The molecule has 1 aliphatic heterocycles. The van der Waals surface area contributed by atoms with Crippen molar-refractivity contribution in [3.05, 3.63) is 12.2 Å². The first-order valence-corrected chi connectivity index (χ1v) is 10.8. The molecule has 4 bridgehead atoms. The number of fused-ring (bicyclic) bond motifs is 1. The Bertz CT molecular complexity index is 892. The highest BCUT2D eigenvalue weighted by molar-refractivity contribution is 5.98. The third kappa shape index (κ3) is 2.02. The Morgan fingerprint density at radius 2 is 1.90 bits per heavy atom. The average Bonchev–Trinajstić information content (AvgIpc) is 3.10. The molecule has 0 radical (unpaired) electrons. The summed E-state index contributed by atoms with van der Waals surface area (Å²) < 4.78 is 16.2. The maximum atomic E-state index is 13.4. The van der Waals surface area contributed by atoms with Crippen molar-refractivity contribution < 1.29 is 33.4 Å². The summed E-state index contributed by atoms with van der Waals surface area (Å²) in [6.45, 7) is 7.29. The first-order chi connectivity index (χ1) is 14.1. The fraction of sp³-hybridized carbons (Fsp3) is 0.739. The van der Waals surface area contributed by atoms with E-state index in [1.807, 2.05) is 0 Å².